The Morgan fingerprint density at radius 1 is 0.931 bits per heavy atom. The lowest BCUT2D eigenvalue weighted by Crippen LogP contribution is -2.15. The minimum atomic E-state index is -3.92. The zero-order valence-corrected chi connectivity index (χ0v) is 17.1. The van der Waals surface area contributed by atoms with Crippen molar-refractivity contribution < 1.29 is 18.0 Å². The third kappa shape index (κ3) is 4.94. The highest BCUT2D eigenvalue weighted by Crippen LogP contribution is 2.19. The van der Waals surface area contributed by atoms with Crippen molar-refractivity contribution in [2.45, 2.75) is 25.7 Å². The van der Waals surface area contributed by atoms with Crippen LogP contribution in [0.15, 0.2) is 92.5 Å². The van der Waals surface area contributed by atoms with Crippen molar-refractivity contribution in [2.24, 2.45) is 9.55 Å². The number of hydrogen-bond donors (Lipinski definition) is 0. The number of oxime groups is 1. The summed E-state index contributed by atoms with van der Waals surface area (Å²) in [6.45, 7) is 5.19. The number of ketones is 1. The van der Waals surface area contributed by atoms with E-state index in [4.69, 9.17) is 4.84 Å². The van der Waals surface area contributed by atoms with Gasteiger partial charge in [-0.15, -0.1) is 0 Å². The van der Waals surface area contributed by atoms with Gasteiger partial charge in [0, 0.05) is 11.6 Å². The second-order valence-electron chi connectivity index (χ2n) is 6.60. The van der Waals surface area contributed by atoms with Crippen LogP contribution in [-0.4, -0.2) is 25.6 Å². The summed E-state index contributed by atoms with van der Waals surface area (Å²) < 4.78 is 29.0. The second-order valence-corrected chi connectivity index (χ2v) is 8.21. The van der Waals surface area contributed by atoms with Gasteiger partial charge in [0.25, 0.3) is 10.0 Å². The van der Waals surface area contributed by atoms with Crippen LogP contribution in [0.4, 0.5) is 0 Å². The van der Waals surface area contributed by atoms with E-state index in [1.165, 1.54) is 24.3 Å². The molecule has 0 radical (unpaired) electrons. The summed E-state index contributed by atoms with van der Waals surface area (Å²) in [4.78, 5) is 17.8. The second kappa shape index (κ2) is 8.36. The summed E-state index contributed by atoms with van der Waals surface area (Å²) in [6.07, 6.45) is 2.69. The first-order valence-electron chi connectivity index (χ1n) is 8.89. The van der Waals surface area contributed by atoms with Gasteiger partial charge in [-0.3, -0.25) is 4.79 Å². The number of benzene rings is 2. The topological polar surface area (TPSA) is 85.2 Å². The Bertz CT molecular complexity index is 1160. The normalized spacial score (nSPS) is 16.4. The Morgan fingerprint density at radius 2 is 1.59 bits per heavy atom. The third-order valence-electron chi connectivity index (χ3n) is 4.24. The highest BCUT2D eigenvalue weighted by atomic mass is 32.2. The van der Waals surface area contributed by atoms with E-state index in [0.29, 0.717) is 11.3 Å². The summed E-state index contributed by atoms with van der Waals surface area (Å²) >= 11 is 0. The molecule has 6 nitrogen and oxygen atoms in total. The average Bonchev–Trinajstić information content (AvgIpc) is 2.70. The van der Waals surface area contributed by atoms with Crippen LogP contribution in [0.5, 0.6) is 0 Å². The van der Waals surface area contributed by atoms with E-state index in [1.54, 1.807) is 26.0 Å². The summed E-state index contributed by atoms with van der Waals surface area (Å²) in [5.41, 5.74) is 2.78. The van der Waals surface area contributed by atoms with Crippen molar-refractivity contribution >= 4 is 27.2 Å². The molecule has 0 heterocycles. The maximum absolute atomic E-state index is 12.6. The van der Waals surface area contributed by atoms with Crippen molar-refractivity contribution in [1.82, 2.24) is 0 Å². The van der Waals surface area contributed by atoms with E-state index >= 15 is 0 Å². The molecule has 2 aromatic carbocycles. The summed E-state index contributed by atoms with van der Waals surface area (Å²) in [5, 5.41) is 4.00. The van der Waals surface area contributed by atoms with Crippen LogP contribution in [-0.2, 0) is 19.7 Å². The maximum Gasteiger partial charge on any atom is 0.282 e. The van der Waals surface area contributed by atoms with E-state index in [0.717, 1.165) is 11.1 Å². The van der Waals surface area contributed by atoms with Gasteiger partial charge in [0.05, 0.1) is 16.3 Å². The molecule has 2 aromatic rings. The molecule has 0 aromatic heterocycles. The molecule has 0 saturated heterocycles. The van der Waals surface area contributed by atoms with Crippen LogP contribution in [0, 0.1) is 6.92 Å². The summed E-state index contributed by atoms with van der Waals surface area (Å²) in [5.74, 6) is -0.459. The van der Waals surface area contributed by atoms with Gasteiger partial charge in [-0.1, -0.05) is 53.2 Å². The van der Waals surface area contributed by atoms with Crippen molar-refractivity contribution in [3.05, 3.63) is 89.2 Å². The fourth-order valence-electron chi connectivity index (χ4n) is 2.60. The number of aryl methyl sites for hydroxylation is 1. The molecular weight excluding hydrogens is 388 g/mol. The molecule has 7 heteroatoms. The van der Waals surface area contributed by atoms with Gasteiger partial charge >= 0.3 is 0 Å². The average molecular weight is 408 g/mol. The number of nitrogens with zero attached hydrogens (tertiary/aromatic N) is 2. The third-order valence-corrected chi connectivity index (χ3v) is 5.56. The zero-order valence-electron chi connectivity index (χ0n) is 16.3. The van der Waals surface area contributed by atoms with Crippen LogP contribution < -0.4 is 0 Å². The molecule has 1 aliphatic carbocycles. The molecule has 0 atom stereocenters. The molecule has 148 valence electrons. The van der Waals surface area contributed by atoms with Gasteiger partial charge in [0.1, 0.15) is 0 Å². The minimum absolute atomic E-state index is 0.0763. The highest BCUT2D eigenvalue weighted by molar-refractivity contribution is 7.90. The predicted octanol–water partition coefficient (Wildman–Crippen LogP) is 3.98. The van der Waals surface area contributed by atoms with E-state index in [9.17, 15) is 13.2 Å². The lowest BCUT2D eigenvalue weighted by molar-refractivity contribution is -0.115. The van der Waals surface area contributed by atoms with E-state index in [2.05, 4.69) is 9.55 Å². The van der Waals surface area contributed by atoms with Crippen molar-refractivity contribution in [2.75, 3.05) is 0 Å². The Kier molecular flexibility index (Phi) is 5.89. The number of Topliss-reactive ketones (excluding diaryl/α,β-unsaturated/α-hetero) is 1. The lowest BCUT2D eigenvalue weighted by atomic mass is 10.0. The van der Waals surface area contributed by atoms with Gasteiger partial charge in [-0.25, -0.2) is 0 Å². The first kappa shape index (κ1) is 20.4. The largest absolute Gasteiger partial charge is 0.352 e. The molecule has 0 bridgehead atoms. The van der Waals surface area contributed by atoms with Crippen molar-refractivity contribution in [3.8, 4) is 0 Å². The molecule has 29 heavy (non-hydrogen) atoms. The Hall–Kier alpha value is -3.32. The smallest absolute Gasteiger partial charge is 0.282 e. The van der Waals surface area contributed by atoms with Crippen molar-refractivity contribution in [1.29, 1.82) is 0 Å². The van der Waals surface area contributed by atoms with Crippen LogP contribution in [0.3, 0.4) is 0 Å². The molecule has 0 spiro atoms. The first-order chi connectivity index (χ1) is 13.8. The Labute approximate surface area is 170 Å². The maximum atomic E-state index is 12.6. The Balaban J connectivity index is 1.90. The molecule has 0 N–H and O–H groups in total. The van der Waals surface area contributed by atoms with Gasteiger partial charge in [0.2, 0.25) is 11.5 Å². The SMILES string of the molecule is CC1=CC(=NS(=O)(=O)c2ccc(C)cc2)C=C(ON=C(C)c2ccccc2)C1=O. The lowest BCUT2D eigenvalue weighted by Gasteiger charge is -2.11. The van der Waals surface area contributed by atoms with Crippen LogP contribution in [0.1, 0.15) is 25.0 Å². The first-order valence-corrected chi connectivity index (χ1v) is 10.3. The molecular formula is C22H20N2O4S. The predicted molar refractivity (Wildman–Crippen MR) is 112 cm³/mol. The summed E-state index contributed by atoms with van der Waals surface area (Å²) in [6, 6.07) is 15.7. The molecule has 1 aliphatic rings. The molecule has 0 unspecified atom stereocenters. The molecule has 3 rings (SSSR count). The fraction of sp³-hybridized carbons (Fsp3) is 0.136. The molecule has 0 aliphatic heterocycles. The number of hydrogen-bond acceptors (Lipinski definition) is 5. The highest BCUT2D eigenvalue weighted by Gasteiger charge is 2.22. The molecule has 0 fully saturated rings. The van der Waals surface area contributed by atoms with E-state index < -0.39 is 10.0 Å². The van der Waals surface area contributed by atoms with Gasteiger partial charge in [0.15, 0.2) is 0 Å². The number of allylic oxidation sites excluding steroid dienone is 3. The van der Waals surface area contributed by atoms with E-state index in [-0.39, 0.29) is 22.1 Å². The van der Waals surface area contributed by atoms with Crippen LogP contribution in [0.2, 0.25) is 0 Å². The van der Waals surface area contributed by atoms with Gasteiger partial charge in [-0.05, 0) is 44.5 Å². The van der Waals surface area contributed by atoms with Crippen molar-refractivity contribution in [3.63, 3.8) is 0 Å². The number of sulfonamides is 1. The van der Waals surface area contributed by atoms with E-state index in [1.807, 2.05) is 37.3 Å². The van der Waals surface area contributed by atoms with Crippen LogP contribution in [0.25, 0.3) is 0 Å². The Morgan fingerprint density at radius 3 is 2.24 bits per heavy atom. The number of carbonyl (C=O) groups excluding carboxylic acids is 1. The number of rotatable bonds is 5. The summed E-state index contributed by atoms with van der Waals surface area (Å²) in [7, 11) is -3.92. The van der Waals surface area contributed by atoms with Crippen LogP contribution >= 0.6 is 0 Å². The van der Waals surface area contributed by atoms with Gasteiger partial charge < -0.3 is 4.84 Å². The fourth-order valence-corrected chi connectivity index (χ4v) is 3.56. The van der Waals surface area contributed by atoms with Gasteiger partial charge in [-0.2, -0.15) is 12.8 Å². The quantitative estimate of drug-likeness (QED) is 0.425. The monoisotopic (exact) mass is 408 g/mol. The zero-order chi connectivity index (χ0) is 21.0. The minimum Gasteiger partial charge on any atom is -0.352 e. The standard InChI is InChI=1S/C22H20N2O4S/c1-15-9-11-20(12-10-15)29(26,27)24-19-13-16(2)22(25)21(14-19)28-23-17(3)18-7-5-4-6-8-18/h4-14H,1-3H3. The number of carbonyl (C=O) groups is 1. The molecule has 0 saturated carbocycles. The molecule has 0 amide bonds.